The SMILES string of the molecule is CCCNC(Cc1ccncc1Cl)c1cc(Cl)ccc1C. The summed E-state index contributed by atoms with van der Waals surface area (Å²) in [6.45, 7) is 5.23. The molecule has 1 heterocycles. The van der Waals surface area contributed by atoms with Crippen LogP contribution in [0.1, 0.15) is 36.1 Å². The van der Waals surface area contributed by atoms with E-state index in [1.807, 2.05) is 18.2 Å². The standard InChI is InChI=1S/C17H20Cl2N2/c1-3-7-21-17(9-13-6-8-20-11-16(13)19)15-10-14(18)5-4-12(15)2/h4-6,8,10-11,17,21H,3,7,9H2,1-2H3. The third-order valence-corrected chi connectivity index (χ3v) is 4.11. The summed E-state index contributed by atoms with van der Waals surface area (Å²) in [6, 6.07) is 8.20. The quantitative estimate of drug-likeness (QED) is 0.811. The number of nitrogens with zero attached hydrogens (tertiary/aromatic N) is 1. The van der Waals surface area contributed by atoms with E-state index in [-0.39, 0.29) is 6.04 Å². The normalized spacial score (nSPS) is 12.4. The summed E-state index contributed by atoms with van der Waals surface area (Å²) in [4.78, 5) is 4.05. The van der Waals surface area contributed by atoms with Crippen LogP contribution in [0.4, 0.5) is 0 Å². The molecule has 1 aromatic carbocycles. The van der Waals surface area contributed by atoms with E-state index in [4.69, 9.17) is 23.2 Å². The van der Waals surface area contributed by atoms with Crippen molar-refractivity contribution in [2.45, 2.75) is 32.7 Å². The van der Waals surface area contributed by atoms with Crippen LogP contribution in [0.2, 0.25) is 10.0 Å². The number of benzene rings is 1. The summed E-state index contributed by atoms with van der Waals surface area (Å²) in [5.41, 5.74) is 3.56. The Bertz CT molecular complexity index is 599. The fraction of sp³-hybridized carbons (Fsp3) is 0.353. The lowest BCUT2D eigenvalue weighted by Crippen LogP contribution is -2.25. The van der Waals surface area contributed by atoms with Crippen LogP contribution in [-0.2, 0) is 6.42 Å². The molecule has 0 saturated heterocycles. The van der Waals surface area contributed by atoms with Gasteiger partial charge in [-0.15, -0.1) is 0 Å². The Kier molecular flexibility index (Phi) is 6.04. The molecule has 1 aromatic heterocycles. The number of aromatic nitrogens is 1. The molecule has 0 aliphatic heterocycles. The molecule has 0 aliphatic rings. The monoisotopic (exact) mass is 322 g/mol. The van der Waals surface area contributed by atoms with Gasteiger partial charge in [0.2, 0.25) is 0 Å². The van der Waals surface area contributed by atoms with Crippen molar-refractivity contribution in [3.05, 3.63) is 63.4 Å². The van der Waals surface area contributed by atoms with Crippen molar-refractivity contribution in [3.8, 4) is 0 Å². The summed E-state index contributed by atoms with van der Waals surface area (Å²) >= 11 is 12.4. The number of rotatable bonds is 6. The first-order valence-electron chi connectivity index (χ1n) is 7.19. The first-order valence-corrected chi connectivity index (χ1v) is 7.95. The molecule has 0 radical (unpaired) electrons. The molecular weight excluding hydrogens is 303 g/mol. The van der Waals surface area contributed by atoms with Crippen molar-refractivity contribution in [1.82, 2.24) is 10.3 Å². The van der Waals surface area contributed by atoms with E-state index in [9.17, 15) is 0 Å². The number of halogens is 2. The maximum atomic E-state index is 6.24. The molecule has 1 N–H and O–H groups in total. The van der Waals surface area contributed by atoms with Crippen molar-refractivity contribution in [2.24, 2.45) is 0 Å². The molecular formula is C17H20Cl2N2. The van der Waals surface area contributed by atoms with E-state index in [1.54, 1.807) is 12.4 Å². The second kappa shape index (κ2) is 7.79. The molecule has 1 unspecified atom stereocenters. The molecule has 0 amide bonds. The summed E-state index contributed by atoms with van der Waals surface area (Å²) in [5, 5.41) is 5.06. The average molecular weight is 323 g/mol. The van der Waals surface area contributed by atoms with Gasteiger partial charge in [0.25, 0.3) is 0 Å². The highest BCUT2D eigenvalue weighted by Gasteiger charge is 2.16. The molecule has 0 fully saturated rings. The van der Waals surface area contributed by atoms with E-state index in [0.29, 0.717) is 5.02 Å². The molecule has 112 valence electrons. The van der Waals surface area contributed by atoms with Crippen LogP contribution in [0, 0.1) is 6.92 Å². The molecule has 4 heteroatoms. The van der Waals surface area contributed by atoms with Crippen LogP contribution in [0.15, 0.2) is 36.7 Å². The van der Waals surface area contributed by atoms with Crippen LogP contribution in [0.5, 0.6) is 0 Å². The van der Waals surface area contributed by atoms with Crippen molar-refractivity contribution >= 4 is 23.2 Å². The fourth-order valence-electron chi connectivity index (χ4n) is 2.39. The third-order valence-electron chi connectivity index (χ3n) is 3.54. The number of aryl methyl sites for hydroxylation is 1. The lowest BCUT2D eigenvalue weighted by molar-refractivity contribution is 0.527. The van der Waals surface area contributed by atoms with E-state index in [1.165, 1.54) is 11.1 Å². The Hall–Kier alpha value is -1.09. The third kappa shape index (κ3) is 4.44. The zero-order valence-electron chi connectivity index (χ0n) is 12.4. The number of hydrogen-bond acceptors (Lipinski definition) is 2. The Labute approximate surface area is 136 Å². The topological polar surface area (TPSA) is 24.9 Å². The van der Waals surface area contributed by atoms with Crippen LogP contribution >= 0.6 is 23.2 Å². The van der Waals surface area contributed by atoms with Gasteiger partial charge in [-0.2, -0.15) is 0 Å². The first kappa shape index (κ1) is 16.3. The molecule has 2 rings (SSSR count). The lowest BCUT2D eigenvalue weighted by atomic mass is 9.95. The predicted octanol–water partition coefficient (Wildman–Crippen LogP) is 4.98. The highest BCUT2D eigenvalue weighted by atomic mass is 35.5. The van der Waals surface area contributed by atoms with Gasteiger partial charge in [0.15, 0.2) is 0 Å². The minimum Gasteiger partial charge on any atom is -0.310 e. The Morgan fingerprint density at radius 2 is 2.05 bits per heavy atom. The molecule has 0 aliphatic carbocycles. The molecule has 0 spiro atoms. The molecule has 0 saturated carbocycles. The summed E-state index contributed by atoms with van der Waals surface area (Å²) in [6.07, 6.45) is 5.38. The molecule has 0 bridgehead atoms. The van der Waals surface area contributed by atoms with E-state index in [2.05, 4.69) is 30.2 Å². The minimum absolute atomic E-state index is 0.198. The van der Waals surface area contributed by atoms with E-state index >= 15 is 0 Å². The first-order chi connectivity index (χ1) is 10.1. The molecule has 1 atom stereocenters. The van der Waals surface area contributed by atoms with Gasteiger partial charge in [0, 0.05) is 23.5 Å². The number of hydrogen-bond donors (Lipinski definition) is 1. The summed E-state index contributed by atoms with van der Waals surface area (Å²) in [7, 11) is 0. The van der Waals surface area contributed by atoms with Crippen molar-refractivity contribution < 1.29 is 0 Å². The lowest BCUT2D eigenvalue weighted by Gasteiger charge is -2.22. The van der Waals surface area contributed by atoms with Gasteiger partial charge in [-0.1, -0.05) is 36.2 Å². The van der Waals surface area contributed by atoms with Gasteiger partial charge in [-0.25, -0.2) is 0 Å². The summed E-state index contributed by atoms with van der Waals surface area (Å²) < 4.78 is 0. The zero-order valence-corrected chi connectivity index (χ0v) is 13.9. The second-order valence-corrected chi connectivity index (χ2v) is 6.02. The van der Waals surface area contributed by atoms with Crippen LogP contribution in [0.25, 0.3) is 0 Å². The smallest absolute Gasteiger partial charge is 0.0622 e. The van der Waals surface area contributed by atoms with Crippen molar-refractivity contribution in [3.63, 3.8) is 0 Å². The average Bonchev–Trinajstić information content (AvgIpc) is 2.48. The van der Waals surface area contributed by atoms with Crippen LogP contribution in [0.3, 0.4) is 0 Å². The largest absolute Gasteiger partial charge is 0.310 e. The van der Waals surface area contributed by atoms with Crippen molar-refractivity contribution in [2.75, 3.05) is 6.54 Å². The van der Waals surface area contributed by atoms with Gasteiger partial charge in [0.1, 0.15) is 0 Å². The van der Waals surface area contributed by atoms with Crippen molar-refractivity contribution in [1.29, 1.82) is 0 Å². The minimum atomic E-state index is 0.198. The maximum absolute atomic E-state index is 6.24. The predicted molar refractivity (Wildman–Crippen MR) is 90.2 cm³/mol. The van der Waals surface area contributed by atoms with E-state index < -0.39 is 0 Å². The fourth-order valence-corrected chi connectivity index (χ4v) is 2.76. The molecule has 2 nitrogen and oxygen atoms in total. The number of pyridine rings is 1. The maximum Gasteiger partial charge on any atom is 0.0622 e. The van der Waals surface area contributed by atoms with Gasteiger partial charge < -0.3 is 5.32 Å². The molecule has 21 heavy (non-hydrogen) atoms. The van der Waals surface area contributed by atoms with Gasteiger partial charge in [0.05, 0.1) is 5.02 Å². The van der Waals surface area contributed by atoms with Gasteiger partial charge in [-0.3, -0.25) is 4.98 Å². The molecule has 2 aromatic rings. The number of nitrogens with one attached hydrogen (secondary N) is 1. The Balaban J connectivity index is 2.30. The van der Waals surface area contributed by atoms with Crippen LogP contribution in [-0.4, -0.2) is 11.5 Å². The second-order valence-electron chi connectivity index (χ2n) is 5.18. The van der Waals surface area contributed by atoms with Gasteiger partial charge >= 0.3 is 0 Å². The highest BCUT2D eigenvalue weighted by molar-refractivity contribution is 6.31. The van der Waals surface area contributed by atoms with E-state index in [0.717, 1.165) is 30.0 Å². The Morgan fingerprint density at radius 3 is 2.76 bits per heavy atom. The Morgan fingerprint density at radius 1 is 1.24 bits per heavy atom. The van der Waals surface area contributed by atoms with Crippen LogP contribution < -0.4 is 5.32 Å². The summed E-state index contributed by atoms with van der Waals surface area (Å²) in [5.74, 6) is 0. The zero-order chi connectivity index (χ0) is 15.2. The highest BCUT2D eigenvalue weighted by Crippen LogP contribution is 2.27. The van der Waals surface area contributed by atoms with Gasteiger partial charge in [-0.05, 0) is 61.2 Å².